The van der Waals surface area contributed by atoms with Gasteiger partial charge in [0.2, 0.25) is 0 Å². The van der Waals surface area contributed by atoms with E-state index in [9.17, 15) is 22.8 Å². The molecule has 1 aromatic heterocycles. The molecule has 2 aromatic rings. The molecule has 2 rings (SSSR count). The number of benzene rings is 1. The fraction of sp³-hybridized carbons (Fsp3) is 0.214. The van der Waals surface area contributed by atoms with Crippen LogP contribution in [0.4, 0.5) is 11.5 Å². The van der Waals surface area contributed by atoms with Crippen molar-refractivity contribution < 1.29 is 17.8 Å². The van der Waals surface area contributed by atoms with Crippen LogP contribution in [0, 0.1) is 0 Å². The van der Waals surface area contributed by atoms with Crippen LogP contribution in [0.1, 0.15) is 23.7 Å². The van der Waals surface area contributed by atoms with Gasteiger partial charge >= 0.3 is 5.69 Å². The molecule has 0 fully saturated rings. The first-order chi connectivity index (χ1) is 11.6. The topological polar surface area (TPSA) is 164 Å². The van der Waals surface area contributed by atoms with Crippen LogP contribution in [0.2, 0.25) is 0 Å². The van der Waals surface area contributed by atoms with Gasteiger partial charge in [-0.1, -0.05) is 6.92 Å². The van der Waals surface area contributed by atoms with E-state index in [1.165, 1.54) is 0 Å². The highest BCUT2D eigenvalue weighted by atomic mass is 32.2. The largest absolute Gasteiger partial charge is 0.383 e. The molecular formula is C14H16N4O6S. The van der Waals surface area contributed by atoms with Crippen molar-refractivity contribution in [2.45, 2.75) is 24.8 Å². The van der Waals surface area contributed by atoms with Gasteiger partial charge in [0.25, 0.3) is 21.6 Å². The van der Waals surface area contributed by atoms with Gasteiger partial charge in [-0.25, -0.2) is 4.79 Å². The van der Waals surface area contributed by atoms with Crippen molar-refractivity contribution >= 4 is 27.5 Å². The van der Waals surface area contributed by atoms with Gasteiger partial charge in [-0.05, 0) is 30.7 Å². The van der Waals surface area contributed by atoms with Crippen LogP contribution in [-0.4, -0.2) is 28.4 Å². The molecule has 1 aromatic carbocycles. The number of aromatic nitrogens is 2. The number of carbonyl (C=O) groups excluding carboxylic acids is 1. The van der Waals surface area contributed by atoms with Crippen molar-refractivity contribution in [1.29, 1.82) is 0 Å². The Hall–Kier alpha value is -2.92. The van der Waals surface area contributed by atoms with Gasteiger partial charge in [-0.2, -0.15) is 8.42 Å². The standard InChI is InChI=1S/C14H16N4O6S/c1-2-7-18-13(20)10(11(15)17-14(18)21)16-12(19)8-3-5-9(6-4-8)25(22,23)24/h3-6H,2,7,15H2,1H3,(H,16,19)(H,17,21)(H,22,23,24). The molecule has 0 radical (unpaired) electrons. The Morgan fingerprint density at radius 1 is 1.28 bits per heavy atom. The summed E-state index contributed by atoms with van der Waals surface area (Å²) in [4.78, 5) is 38.1. The lowest BCUT2D eigenvalue weighted by molar-refractivity contribution is 0.102. The predicted octanol–water partition coefficient (Wildman–Crippen LogP) is 0.0278. The van der Waals surface area contributed by atoms with E-state index < -0.39 is 27.3 Å². The highest BCUT2D eigenvalue weighted by molar-refractivity contribution is 7.85. The number of hydrogen-bond acceptors (Lipinski definition) is 6. The molecule has 0 aliphatic rings. The zero-order chi connectivity index (χ0) is 18.8. The number of anilines is 2. The zero-order valence-electron chi connectivity index (χ0n) is 13.1. The minimum absolute atomic E-state index is 0.0273. The van der Waals surface area contributed by atoms with E-state index in [-0.39, 0.29) is 28.5 Å². The van der Waals surface area contributed by atoms with E-state index in [1.54, 1.807) is 6.92 Å². The Morgan fingerprint density at radius 2 is 1.88 bits per heavy atom. The normalized spacial score (nSPS) is 11.3. The number of nitrogens with one attached hydrogen (secondary N) is 2. The van der Waals surface area contributed by atoms with Crippen LogP contribution in [0.15, 0.2) is 38.8 Å². The fourth-order valence-electron chi connectivity index (χ4n) is 2.10. The summed E-state index contributed by atoms with van der Waals surface area (Å²) in [6.45, 7) is 1.93. The number of nitrogens with zero attached hydrogens (tertiary/aromatic N) is 1. The molecule has 0 spiro atoms. The maximum Gasteiger partial charge on any atom is 0.330 e. The summed E-state index contributed by atoms with van der Waals surface area (Å²) in [6.07, 6.45) is 0.525. The highest BCUT2D eigenvalue weighted by Crippen LogP contribution is 2.13. The van der Waals surface area contributed by atoms with E-state index in [4.69, 9.17) is 10.3 Å². The summed E-state index contributed by atoms with van der Waals surface area (Å²) in [6, 6.07) is 4.39. The molecule has 11 heteroatoms. The summed E-state index contributed by atoms with van der Waals surface area (Å²) in [5.74, 6) is -1.02. The van der Waals surface area contributed by atoms with Crippen molar-refractivity contribution in [3.63, 3.8) is 0 Å². The summed E-state index contributed by atoms with van der Waals surface area (Å²) in [5.41, 5.74) is 3.92. The first-order valence-corrected chi connectivity index (χ1v) is 8.60. The highest BCUT2D eigenvalue weighted by Gasteiger charge is 2.16. The van der Waals surface area contributed by atoms with Gasteiger partial charge in [-0.3, -0.25) is 23.7 Å². The molecule has 25 heavy (non-hydrogen) atoms. The van der Waals surface area contributed by atoms with E-state index in [1.807, 2.05) is 0 Å². The molecule has 10 nitrogen and oxygen atoms in total. The van der Waals surface area contributed by atoms with Gasteiger partial charge in [0.05, 0.1) is 4.90 Å². The molecule has 1 amide bonds. The van der Waals surface area contributed by atoms with Crippen LogP contribution < -0.4 is 22.3 Å². The first kappa shape index (κ1) is 18.4. The monoisotopic (exact) mass is 368 g/mol. The molecule has 5 N–H and O–H groups in total. The lowest BCUT2D eigenvalue weighted by Gasteiger charge is -2.10. The molecule has 0 bridgehead atoms. The number of nitrogen functional groups attached to an aromatic ring is 1. The Bertz CT molecular complexity index is 1020. The van der Waals surface area contributed by atoms with Gasteiger partial charge in [-0.15, -0.1) is 0 Å². The number of H-pyrrole nitrogens is 1. The molecule has 0 atom stereocenters. The SMILES string of the molecule is CCCn1c(=O)[nH]c(N)c(NC(=O)c2ccc(S(=O)(=O)O)cc2)c1=O. The van der Waals surface area contributed by atoms with Crippen LogP contribution in [0.5, 0.6) is 0 Å². The Kier molecular flexibility index (Phi) is 5.09. The number of hydrogen-bond donors (Lipinski definition) is 4. The van der Waals surface area contributed by atoms with Crippen molar-refractivity contribution in [3.05, 3.63) is 50.7 Å². The minimum Gasteiger partial charge on any atom is -0.383 e. The van der Waals surface area contributed by atoms with E-state index >= 15 is 0 Å². The smallest absolute Gasteiger partial charge is 0.330 e. The number of carbonyl (C=O) groups is 1. The summed E-state index contributed by atoms with van der Waals surface area (Å²) in [5, 5.41) is 2.30. The van der Waals surface area contributed by atoms with Gasteiger partial charge in [0, 0.05) is 12.1 Å². The maximum atomic E-state index is 12.3. The second kappa shape index (κ2) is 6.91. The maximum absolute atomic E-state index is 12.3. The van der Waals surface area contributed by atoms with Gasteiger partial charge < -0.3 is 11.1 Å². The van der Waals surface area contributed by atoms with Crippen LogP contribution in [0.3, 0.4) is 0 Å². The van der Waals surface area contributed by atoms with Crippen LogP contribution in [0.25, 0.3) is 0 Å². The van der Waals surface area contributed by atoms with E-state index in [2.05, 4.69) is 10.3 Å². The average Bonchev–Trinajstić information content (AvgIpc) is 2.54. The van der Waals surface area contributed by atoms with Crippen molar-refractivity contribution in [1.82, 2.24) is 9.55 Å². The summed E-state index contributed by atoms with van der Waals surface area (Å²) in [7, 11) is -4.38. The van der Waals surface area contributed by atoms with Crippen LogP contribution >= 0.6 is 0 Å². The summed E-state index contributed by atoms with van der Waals surface area (Å²) >= 11 is 0. The summed E-state index contributed by atoms with van der Waals surface area (Å²) < 4.78 is 31.8. The van der Waals surface area contributed by atoms with Crippen LogP contribution in [-0.2, 0) is 16.7 Å². The Labute approximate surface area is 142 Å². The molecular weight excluding hydrogens is 352 g/mol. The third-order valence-corrected chi connectivity index (χ3v) is 4.18. The molecule has 0 saturated carbocycles. The predicted molar refractivity (Wildman–Crippen MR) is 90.2 cm³/mol. The molecule has 0 unspecified atom stereocenters. The quantitative estimate of drug-likeness (QED) is 0.540. The molecule has 0 aliphatic heterocycles. The Balaban J connectivity index is 2.37. The number of aromatic amines is 1. The second-order valence-corrected chi connectivity index (χ2v) is 6.55. The molecule has 0 saturated heterocycles. The van der Waals surface area contributed by atoms with Crippen molar-refractivity contribution in [2.24, 2.45) is 0 Å². The Morgan fingerprint density at radius 3 is 2.40 bits per heavy atom. The lowest BCUT2D eigenvalue weighted by Crippen LogP contribution is -2.38. The van der Waals surface area contributed by atoms with Gasteiger partial charge in [0.15, 0.2) is 0 Å². The lowest BCUT2D eigenvalue weighted by atomic mass is 10.2. The fourth-order valence-corrected chi connectivity index (χ4v) is 2.58. The van der Waals surface area contributed by atoms with E-state index in [0.29, 0.717) is 6.42 Å². The minimum atomic E-state index is -4.38. The zero-order valence-corrected chi connectivity index (χ0v) is 14.0. The molecule has 0 aliphatic carbocycles. The van der Waals surface area contributed by atoms with E-state index in [0.717, 1.165) is 28.8 Å². The second-order valence-electron chi connectivity index (χ2n) is 5.13. The van der Waals surface area contributed by atoms with Gasteiger partial charge in [0.1, 0.15) is 11.5 Å². The molecule has 134 valence electrons. The number of amides is 1. The third kappa shape index (κ3) is 3.95. The number of rotatable bonds is 5. The first-order valence-electron chi connectivity index (χ1n) is 7.16. The number of nitrogens with two attached hydrogens (primary N) is 1. The van der Waals surface area contributed by atoms with Crippen molar-refractivity contribution in [2.75, 3.05) is 11.1 Å². The third-order valence-electron chi connectivity index (χ3n) is 3.32. The average molecular weight is 368 g/mol. The molecule has 1 heterocycles. The van der Waals surface area contributed by atoms with Crippen molar-refractivity contribution in [3.8, 4) is 0 Å².